The Hall–Kier alpha value is -2.05. The van der Waals surface area contributed by atoms with Crippen LogP contribution in [0.5, 0.6) is 5.95 Å². The lowest BCUT2D eigenvalue weighted by Crippen LogP contribution is -2.31. The van der Waals surface area contributed by atoms with Gasteiger partial charge in [0.25, 0.3) is 0 Å². The molecule has 0 bridgehead atoms. The summed E-state index contributed by atoms with van der Waals surface area (Å²) >= 11 is 3.27. The van der Waals surface area contributed by atoms with Crippen molar-refractivity contribution in [1.82, 2.24) is 5.27 Å². The second-order valence-electron chi connectivity index (χ2n) is 2.79. The lowest BCUT2D eigenvalue weighted by Gasteiger charge is -1.95. The molecule has 0 N–H and O–H groups in total. The molecule has 7 nitrogen and oxygen atoms in total. The van der Waals surface area contributed by atoms with Crippen LogP contribution in [0, 0.1) is 0 Å². The molecule has 1 aromatic carbocycles. The molecule has 0 aliphatic carbocycles. The summed E-state index contributed by atoms with van der Waals surface area (Å²) in [5, 5.41) is 17.8. The first-order chi connectivity index (χ1) is 7.70. The van der Waals surface area contributed by atoms with Crippen molar-refractivity contribution >= 4 is 21.6 Å². The van der Waals surface area contributed by atoms with Gasteiger partial charge in [0, 0.05) is 15.5 Å². The molecule has 0 unspecified atom stereocenters. The summed E-state index contributed by atoms with van der Waals surface area (Å²) in [5.74, 6) is -0.577. The summed E-state index contributed by atoms with van der Waals surface area (Å²) in [6, 6.07) is 4.98. The topological polar surface area (TPSA) is 102 Å². The second kappa shape index (κ2) is 4.21. The molecule has 80 valence electrons. The Kier molecular flexibility index (Phi) is 2.76. The van der Waals surface area contributed by atoms with Crippen molar-refractivity contribution in [2.24, 2.45) is 5.11 Å². The Labute approximate surface area is 97.6 Å². The maximum Gasteiger partial charge on any atom is 0.250 e. The van der Waals surface area contributed by atoms with Crippen LogP contribution in [0.15, 0.2) is 38.5 Å². The maximum absolute atomic E-state index is 10.9. The minimum atomic E-state index is -0.577. The van der Waals surface area contributed by atoms with Gasteiger partial charge in [-0.05, 0) is 22.3 Å². The molecule has 0 amide bonds. The number of nitrogens with zero attached hydrogens (tertiary/aromatic N) is 5. The highest BCUT2D eigenvalue weighted by Crippen LogP contribution is 2.23. The Morgan fingerprint density at radius 1 is 1.56 bits per heavy atom. The minimum Gasteiger partial charge on any atom is -0.539 e. The summed E-state index contributed by atoms with van der Waals surface area (Å²) in [6.45, 7) is 0. The second-order valence-corrected chi connectivity index (χ2v) is 3.70. The van der Waals surface area contributed by atoms with E-state index in [9.17, 15) is 5.11 Å². The number of halogens is 1. The first kappa shape index (κ1) is 10.5. The lowest BCUT2D eigenvalue weighted by atomic mass is 10.3. The van der Waals surface area contributed by atoms with Gasteiger partial charge in [0.1, 0.15) is 11.6 Å². The average Bonchev–Trinajstić information content (AvgIpc) is 2.68. The molecule has 0 aliphatic rings. The summed E-state index contributed by atoms with van der Waals surface area (Å²) in [5.41, 5.74) is 9.20. The van der Waals surface area contributed by atoms with Crippen molar-refractivity contribution in [3.8, 4) is 11.6 Å². The van der Waals surface area contributed by atoms with Crippen molar-refractivity contribution in [3.63, 3.8) is 0 Å². The van der Waals surface area contributed by atoms with E-state index in [4.69, 9.17) is 5.53 Å². The van der Waals surface area contributed by atoms with Crippen LogP contribution in [-0.2, 0) is 0 Å². The van der Waals surface area contributed by atoms with Crippen LogP contribution < -0.4 is 9.79 Å². The molecule has 8 heteroatoms. The molecular formula is C8H4BrN5O2. The van der Waals surface area contributed by atoms with E-state index in [0.717, 1.165) is 10.7 Å². The molecule has 2 aromatic rings. The van der Waals surface area contributed by atoms with Crippen LogP contribution in [-0.4, -0.2) is 5.27 Å². The van der Waals surface area contributed by atoms with Gasteiger partial charge in [-0.3, -0.25) is 0 Å². The normalized spacial score (nSPS) is 9.81. The quantitative estimate of drug-likeness (QED) is 0.362. The van der Waals surface area contributed by atoms with E-state index in [1.165, 1.54) is 4.68 Å². The smallest absolute Gasteiger partial charge is 0.250 e. The molecule has 1 aromatic heterocycles. The highest BCUT2D eigenvalue weighted by molar-refractivity contribution is 9.10. The van der Waals surface area contributed by atoms with Crippen LogP contribution in [0.2, 0.25) is 0 Å². The van der Waals surface area contributed by atoms with Crippen LogP contribution in [0.25, 0.3) is 16.1 Å². The van der Waals surface area contributed by atoms with Crippen LogP contribution in [0.3, 0.4) is 0 Å². The van der Waals surface area contributed by atoms with Gasteiger partial charge in [-0.2, -0.15) is 0 Å². The highest BCUT2D eigenvalue weighted by Gasteiger charge is 2.14. The molecular weight excluding hydrogens is 278 g/mol. The maximum atomic E-state index is 10.9. The third kappa shape index (κ3) is 1.97. The molecule has 1 heterocycles. The van der Waals surface area contributed by atoms with E-state index in [1.807, 2.05) is 0 Å². The fourth-order valence-electron chi connectivity index (χ4n) is 1.16. The van der Waals surface area contributed by atoms with Crippen LogP contribution >= 0.6 is 15.9 Å². The standard InChI is InChI=1S/C8H4BrN5O2/c9-5-1-2-6(11-12-10)7(3-5)14-4-8(15)16-13-14/h1-4H. The third-order valence-corrected chi connectivity index (χ3v) is 2.28. The average molecular weight is 282 g/mol. The monoisotopic (exact) mass is 281 g/mol. The minimum absolute atomic E-state index is 0.351. The summed E-state index contributed by atoms with van der Waals surface area (Å²) < 4.78 is 6.37. The van der Waals surface area contributed by atoms with Gasteiger partial charge in [0.15, 0.2) is 0 Å². The number of rotatable bonds is 2. The molecule has 2 rings (SSSR count). The number of azide groups is 1. The van der Waals surface area contributed by atoms with Crippen molar-refractivity contribution in [1.29, 1.82) is 0 Å². The van der Waals surface area contributed by atoms with E-state index >= 15 is 0 Å². The predicted octanol–water partition coefficient (Wildman–Crippen LogP) is 1.73. The van der Waals surface area contributed by atoms with E-state index in [0.29, 0.717) is 11.4 Å². The Bertz CT molecular complexity index is 576. The Balaban J connectivity index is 2.61. The van der Waals surface area contributed by atoms with E-state index < -0.39 is 5.95 Å². The molecule has 0 spiro atoms. The van der Waals surface area contributed by atoms with E-state index in [2.05, 4.69) is 35.8 Å². The molecule has 0 saturated carbocycles. The largest absolute Gasteiger partial charge is 0.539 e. The molecule has 0 atom stereocenters. The van der Waals surface area contributed by atoms with Crippen molar-refractivity contribution in [2.45, 2.75) is 0 Å². The van der Waals surface area contributed by atoms with Crippen molar-refractivity contribution < 1.29 is 14.3 Å². The number of benzene rings is 1. The SMILES string of the molecule is [N-]=[N+]=Nc1ccc(Br)cc1-[n+]1cc([O-])on1. The molecule has 0 aliphatic heterocycles. The Morgan fingerprint density at radius 3 is 3.00 bits per heavy atom. The number of aromatic nitrogens is 2. The first-order valence-corrected chi connectivity index (χ1v) is 4.90. The molecule has 16 heavy (non-hydrogen) atoms. The summed E-state index contributed by atoms with van der Waals surface area (Å²) in [6.07, 6.45) is 1.15. The van der Waals surface area contributed by atoms with Gasteiger partial charge in [-0.25, -0.2) is 0 Å². The van der Waals surface area contributed by atoms with Gasteiger partial charge in [0.05, 0.1) is 5.27 Å². The van der Waals surface area contributed by atoms with Gasteiger partial charge in [-0.1, -0.05) is 21.0 Å². The van der Waals surface area contributed by atoms with E-state index in [1.54, 1.807) is 18.2 Å². The fraction of sp³-hybridized carbons (Fsp3) is 0. The van der Waals surface area contributed by atoms with Crippen molar-refractivity contribution in [3.05, 3.63) is 39.3 Å². The first-order valence-electron chi connectivity index (χ1n) is 4.11. The third-order valence-electron chi connectivity index (χ3n) is 1.78. The van der Waals surface area contributed by atoms with Crippen LogP contribution in [0.1, 0.15) is 0 Å². The highest BCUT2D eigenvalue weighted by atomic mass is 79.9. The van der Waals surface area contributed by atoms with Gasteiger partial charge >= 0.3 is 0 Å². The zero-order valence-electron chi connectivity index (χ0n) is 7.74. The number of hydrogen-bond acceptors (Lipinski definition) is 4. The molecule has 0 radical (unpaired) electrons. The van der Waals surface area contributed by atoms with Crippen LogP contribution in [0.4, 0.5) is 5.69 Å². The zero-order chi connectivity index (χ0) is 11.5. The summed E-state index contributed by atoms with van der Waals surface area (Å²) in [7, 11) is 0. The van der Waals surface area contributed by atoms with Gasteiger partial charge < -0.3 is 9.63 Å². The number of hydrogen-bond donors (Lipinski definition) is 0. The van der Waals surface area contributed by atoms with E-state index in [-0.39, 0.29) is 0 Å². The predicted molar refractivity (Wildman–Crippen MR) is 54.0 cm³/mol. The molecule has 0 saturated heterocycles. The van der Waals surface area contributed by atoms with Gasteiger partial charge in [-0.15, -0.1) is 0 Å². The van der Waals surface area contributed by atoms with Crippen molar-refractivity contribution in [2.75, 3.05) is 0 Å². The zero-order valence-corrected chi connectivity index (χ0v) is 9.33. The fourth-order valence-corrected chi connectivity index (χ4v) is 1.51. The Morgan fingerprint density at radius 2 is 2.38 bits per heavy atom. The lowest BCUT2D eigenvalue weighted by molar-refractivity contribution is -0.669. The molecule has 0 fully saturated rings. The van der Waals surface area contributed by atoms with Gasteiger partial charge in [0.2, 0.25) is 11.9 Å². The summed E-state index contributed by atoms with van der Waals surface area (Å²) in [4.78, 5) is 2.69.